The summed E-state index contributed by atoms with van der Waals surface area (Å²) in [4.78, 5) is 11.9. The van der Waals surface area contributed by atoms with Crippen LogP contribution in [0, 0.1) is 23.2 Å². The summed E-state index contributed by atoms with van der Waals surface area (Å²) in [7, 11) is 1.61. The van der Waals surface area contributed by atoms with Gasteiger partial charge in [-0.15, -0.1) is 12.4 Å². The van der Waals surface area contributed by atoms with Crippen LogP contribution in [0.5, 0.6) is 0 Å². The van der Waals surface area contributed by atoms with Gasteiger partial charge in [0.1, 0.15) is 0 Å². The molecule has 1 atom stereocenters. The van der Waals surface area contributed by atoms with Crippen LogP contribution in [0.25, 0.3) is 0 Å². The van der Waals surface area contributed by atoms with Gasteiger partial charge in [-0.3, -0.25) is 4.79 Å². The first kappa shape index (κ1) is 18.0. The number of carbonyl (C=O) groups excluding carboxylic acids is 1. The van der Waals surface area contributed by atoms with Gasteiger partial charge in [0.25, 0.3) is 0 Å². The molecule has 22 heavy (non-hydrogen) atoms. The Morgan fingerprint density at radius 2 is 1.77 bits per heavy atom. The van der Waals surface area contributed by atoms with Crippen molar-refractivity contribution in [1.82, 2.24) is 5.32 Å². The van der Waals surface area contributed by atoms with Crippen LogP contribution in [0.4, 0.5) is 0 Å². The molecule has 4 aliphatic rings. The lowest BCUT2D eigenvalue weighted by molar-refractivity contribution is -0.123. The van der Waals surface area contributed by atoms with Crippen LogP contribution in [0.15, 0.2) is 0 Å². The van der Waals surface area contributed by atoms with Gasteiger partial charge in [-0.05, 0) is 68.1 Å². The summed E-state index contributed by atoms with van der Waals surface area (Å²) in [6, 6.07) is 0. The molecule has 0 aliphatic heterocycles. The summed E-state index contributed by atoms with van der Waals surface area (Å²) in [5.41, 5.74) is 6.11. The molecular formula is C17H31ClN2O2. The van der Waals surface area contributed by atoms with Crippen molar-refractivity contribution in [2.45, 2.75) is 57.5 Å². The van der Waals surface area contributed by atoms with E-state index in [1.165, 1.54) is 44.9 Å². The van der Waals surface area contributed by atoms with E-state index in [0.29, 0.717) is 18.4 Å². The molecular weight excluding hydrogens is 300 g/mol. The summed E-state index contributed by atoms with van der Waals surface area (Å²) >= 11 is 0. The molecule has 0 spiro atoms. The highest BCUT2D eigenvalue weighted by Crippen LogP contribution is 2.61. The molecule has 0 aromatic heterocycles. The second kappa shape index (κ2) is 7.50. The average molecular weight is 331 g/mol. The van der Waals surface area contributed by atoms with E-state index in [1.54, 1.807) is 7.11 Å². The highest BCUT2D eigenvalue weighted by atomic mass is 35.5. The Bertz CT molecular complexity index is 350. The minimum absolute atomic E-state index is 0. The number of halogens is 1. The molecule has 0 saturated heterocycles. The molecule has 4 rings (SSSR count). The first-order valence-electron chi connectivity index (χ1n) is 8.62. The van der Waals surface area contributed by atoms with Gasteiger partial charge >= 0.3 is 0 Å². The molecule has 1 amide bonds. The van der Waals surface area contributed by atoms with E-state index < -0.39 is 0 Å². The van der Waals surface area contributed by atoms with Gasteiger partial charge in [0.2, 0.25) is 5.91 Å². The largest absolute Gasteiger partial charge is 0.380 e. The molecule has 4 aliphatic carbocycles. The maximum atomic E-state index is 11.9. The van der Waals surface area contributed by atoms with Gasteiger partial charge in [0, 0.05) is 20.2 Å². The molecule has 4 nitrogen and oxygen atoms in total. The lowest BCUT2D eigenvalue weighted by Crippen LogP contribution is -2.47. The number of carbonyl (C=O) groups is 1. The third-order valence-electron chi connectivity index (χ3n) is 6.15. The summed E-state index contributed by atoms with van der Waals surface area (Å²) in [6.07, 6.45) is 10.1. The van der Waals surface area contributed by atoms with E-state index in [9.17, 15) is 4.79 Å². The van der Waals surface area contributed by atoms with Crippen molar-refractivity contribution >= 4 is 18.3 Å². The Labute approximate surface area is 140 Å². The third kappa shape index (κ3) is 3.95. The molecule has 3 N–H and O–H groups in total. The predicted octanol–water partition coefficient (Wildman–Crippen LogP) is 2.49. The fraction of sp³-hybridized carbons (Fsp3) is 0.941. The molecule has 0 radical (unpaired) electrons. The van der Waals surface area contributed by atoms with Gasteiger partial charge in [0.05, 0.1) is 12.5 Å². The van der Waals surface area contributed by atoms with Gasteiger partial charge in [-0.25, -0.2) is 0 Å². The van der Waals surface area contributed by atoms with E-state index in [4.69, 9.17) is 10.5 Å². The van der Waals surface area contributed by atoms with Crippen LogP contribution < -0.4 is 11.1 Å². The molecule has 1 unspecified atom stereocenters. The summed E-state index contributed by atoms with van der Waals surface area (Å²) in [6.45, 7) is 1.23. The smallest absolute Gasteiger partial charge is 0.222 e. The lowest BCUT2D eigenvalue weighted by Gasteiger charge is -2.57. The number of ether oxygens (including phenoxy) is 1. The Kier molecular flexibility index (Phi) is 6.14. The molecule has 4 fully saturated rings. The summed E-state index contributed by atoms with van der Waals surface area (Å²) < 4.78 is 5.16. The van der Waals surface area contributed by atoms with Crippen LogP contribution >= 0.6 is 12.4 Å². The number of amides is 1. The zero-order chi connectivity index (χ0) is 14.9. The monoisotopic (exact) mass is 330 g/mol. The zero-order valence-electron chi connectivity index (χ0n) is 13.7. The van der Waals surface area contributed by atoms with E-state index in [0.717, 1.165) is 24.3 Å². The molecule has 4 bridgehead atoms. The fourth-order valence-corrected chi connectivity index (χ4v) is 5.61. The minimum Gasteiger partial charge on any atom is -0.380 e. The van der Waals surface area contributed by atoms with E-state index in [1.807, 2.05) is 0 Å². The van der Waals surface area contributed by atoms with Crippen molar-refractivity contribution in [3.8, 4) is 0 Å². The van der Waals surface area contributed by atoms with Gasteiger partial charge in [0.15, 0.2) is 0 Å². The predicted molar refractivity (Wildman–Crippen MR) is 89.9 cm³/mol. The Balaban J connectivity index is 0.00000176. The summed E-state index contributed by atoms with van der Waals surface area (Å²) in [5, 5.41) is 3.08. The molecule has 128 valence electrons. The number of rotatable bonds is 7. The van der Waals surface area contributed by atoms with Crippen molar-refractivity contribution in [3.63, 3.8) is 0 Å². The van der Waals surface area contributed by atoms with Crippen molar-refractivity contribution in [2.24, 2.45) is 28.9 Å². The Hall–Kier alpha value is -0.320. The first-order valence-corrected chi connectivity index (χ1v) is 8.62. The third-order valence-corrected chi connectivity index (χ3v) is 6.15. The standard InChI is InChI=1S/C17H30N2O2.ClH/c1-21-15(11-18)7-16(20)19-3-2-17-8-12-4-13(9-17)6-14(5-12)10-17;/h12-15H,2-11,18H2,1H3,(H,19,20);1H. The number of nitrogens with two attached hydrogens (primary N) is 1. The lowest BCUT2D eigenvalue weighted by atomic mass is 9.49. The minimum atomic E-state index is -0.149. The Morgan fingerprint density at radius 3 is 2.23 bits per heavy atom. The van der Waals surface area contributed by atoms with Gasteiger partial charge in [-0.2, -0.15) is 0 Å². The van der Waals surface area contributed by atoms with Gasteiger partial charge < -0.3 is 15.8 Å². The normalized spacial score (nSPS) is 36.7. The van der Waals surface area contributed by atoms with Crippen molar-refractivity contribution in [2.75, 3.05) is 20.2 Å². The number of nitrogens with one attached hydrogen (secondary N) is 1. The topological polar surface area (TPSA) is 64.3 Å². The van der Waals surface area contributed by atoms with E-state index >= 15 is 0 Å². The van der Waals surface area contributed by atoms with Crippen LogP contribution in [0.3, 0.4) is 0 Å². The van der Waals surface area contributed by atoms with Crippen LogP contribution in [-0.2, 0) is 9.53 Å². The fourth-order valence-electron chi connectivity index (χ4n) is 5.61. The molecule has 0 aromatic carbocycles. The van der Waals surface area contributed by atoms with Crippen molar-refractivity contribution < 1.29 is 9.53 Å². The Morgan fingerprint density at radius 1 is 1.23 bits per heavy atom. The van der Waals surface area contributed by atoms with Crippen LogP contribution in [0.1, 0.15) is 51.4 Å². The summed E-state index contributed by atoms with van der Waals surface area (Å²) in [5.74, 6) is 3.04. The first-order chi connectivity index (χ1) is 10.1. The molecule has 5 heteroatoms. The molecule has 4 saturated carbocycles. The maximum absolute atomic E-state index is 11.9. The number of methoxy groups -OCH3 is 1. The second-order valence-electron chi connectivity index (χ2n) is 7.82. The maximum Gasteiger partial charge on any atom is 0.222 e. The number of hydrogen-bond donors (Lipinski definition) is 2. The SMILES string of the molecule is COC(CN)CC(=O)NCCC12CC3CC(CC(C3)C1)C2.Cl. The molecule has 0 heterocycles. The van der Waals surface area contributed by atoms with Gasteiger partial charge in [-0.1, -0.05) is 0 Å². The number of hydrogen-bond acceptors (Lipinski definition) is 3. The van der Waals surface area contributed by atoms with Crippen LogP contribution in [-0.4, -0.2) is 32.2 Å². The zero-order valence-corrected chi connectivity index (χ0v) is 14.5. The van der Waals surface area contributed by atoms with E-state index in [2.05, 4.69) is 5.32 Å². The van der Waals surface area contributed by atoms with E-state index in [-0.39, 0.29) is 24.4 Å². The second-order valence-corrected chi connectivity index (χ2v) is 7.82. The highest BCUT2D eigenvalue weighted by molar-refractivity contribution is 5.85. The highest BCUT2D eigenvalue weighted by Gasteiger charge is 2.50. The van der Waals surface area contributed by atoms with Crippen molar-refractivity contribution in [1.29, 1.82) is 0 Å². The molecule has 0 aromatic rings. The average Bonchev–Trinajstić information content (AvgIpc) is 2.43. The van der Waals surface area contributed by atoms with Crippen molar-refractivity contribution in [3.05, 3.63) is 0 Å². The van der Waals surface area contributed by atoms with Crippen LogP contribution in [0.2, 0.25) is 0 Å². The quantitative estimate of drug-likeness (QED) is 0.753.